The van der Waals surface area contributed by atoms with Crippen LogP contribution in [0.2, 0.25) is 0 Å². The molecule has 0 bridgehead atoms. The molecule has 0 aliphatic carbocycles. The number of ether oxygens (including phenoxy) is 1. The summed E-state index contributed by atoms with van der Waals surface area (Å²) in [5, 5.41) is 0. The summed E-state index contributed by atoms with van der Waals surface area (Å²) in [6, 6.07) is 17.5. The lowest BCUT2D eigenvalue weighted by atomic mass is 9.93. The number of hydrogen-bond acceptors (Lipinski definition) is 2. The van der Waals surface area contributed by atoms with Crippen LogP contribution in [0.25, 0.3) is 0 Å². The lowest BCUT2D eigenvalue weighted by Crippen LogP contribution is -2.00. The molecule has 2 radical (unpaired) electrons. The average Bonchev–Trinajstić information content (AvgIpc) is 2.50. The van der Waals surface area contributed by atoms with Crippen molar-refractivity contribution in [2.45, 2.75) is 19.8 Å². The van der Waals surface area contributed by atoms with E-state index in [4.69, 9.17) is 12.6 Å². The lowest BCUT2D eigenvalue weighted by Gasteiger charge is -2.09. The summed E-state index contributed by atoms with van der Waals surface area (Å²) in [5.41, 5.74) is 2.18. The fourth-order valence-corrected chi connectivity index (χ4v) is 1.80. The van der Waals surface area contributed by atoms with Gasteiger partial charge in [-0.05, 0) is 29.7 Å². The first kappa shape index (κ1) is 14.4. The first-order valence-electron chi connectivity index (χ1n) is 6.92. The van der Waals surface area contributed by atoms with Crippen LogP contribution in [-0.4, -0.2) is 20.1 Å². The fourth-order valence-electron chi connectivity index (χ4n) is 1.80. The molecule has 0 aliphatic rings. The Morgan fingerprint density at radius 3 is 2.50 bits per heavy atom. The Bertz CT molecular complexity index is 566. The predicted octanol–water partition coefficient (Wildman–Crippen LogP) is 4.11. The highest BCUT2D eigenvalue weighted by molar-refractivity contribution is 6.64. The van der Waals surface area contributed by atoms with Crippen molar-refractivity contribution < 1.29 is 4.74 Å². The van der Waals surface area contributed by atoms with Gasteiger partial charge in [-0.3, -0.25) is 4.99 Å². The number of unbranched alkanes of at least 4 members (excludes halogenated alkanes) is 1. The highest BCUT2D eigenvalue weighted by Crippen LogP contribution is 2.27. The van der Waals surface area contributed by atoms with Gasteiger partial charge in [-0.25, -0.2) is 0 Å². The van der Waals surface area contributed by atoms with Crippen LogP contribution < -0.4 is 4.74 Å². The predicted molar refractivity (Wildman–Crippen MR) is 85.2 cm³/mol. The Labute approximate surface area is 121 Å². The fraction of sp³-hybridized carbons (Fsp3) is 0.235. The molecule has 0 heterocycles. The van der Waals surface area contributed by atoms with E-state index in [1.54, 1.807) is 0 Å². The van der Waals surface area contributed by atoms with Crippen LogP contribution in [0.1, 0.15) is 25.3 Å². The van der Waals surface area contributed by atoms with Crippen LogP contribution in [-0.2, 0) is 0 Å². The van der Waals surface area contributed by atoms with Gasteiger partial charge in [0.1, 0.15) is 19.3 Å². The SMILES string of the molecule is [B]C(=Nc1ccccc1OCCCC)c1ccccc1. The molecule has 2 aromatic rings. The molecule has 0 N–H and O–H groups in total. The van der Waals surface area contributed by atoms with Gasteiger partial charge < -0.3 is 4.74 Å². The molecule has 0 spiro atoms. The van der Waals surface area contributed by atoms with Gasteiger partial charge in [-0.15, -0.1) is 0 Å². The zero-order valence-corrected chi connectivity index (χ0v) is 11.8. The minimum atomic E-state index is 0.497. The molecule has 2 aromatic carbocycles. The van der Waals surface area contributed by atoms with Crippen LogP contribution >= 0.6 is 0 Å². The normalized spacial score (nSPS) is 11.3. The number of aliphatic imine (C=N–C) groups is 1. The quantitative estimate of drug-likeness (QED) is 0.436. The molecule has 2 rings (SSSR count). The molecular weight excluding hydrogens is 245 g/mol. The van der Waals surface area contributed by atoms with Crippen LogP contribution in [0.15, 0.2) is 59.6 Å². The lowest BCUT2D eigenvalue weighted by molar-refractivity contribution is 0.310. The second kappa shape index (κ2) is 7.54. The summed E-state index contributed by atoms with van der Waals surface area (Å²) in [7, 11) is 6.05. The van der Waals surface area contributed by atoms with Crippen molar-refractivity contribution >= 4 is 19.1 Å². The molecule has 0 saturated heterocycles. The number of nitrogens with zero attached hydrogens (tertiary/aromatic N) is 1. The van der Waals surface area contributed by atoms with Gasteiger partial charge >= 0.3 is 0 Å². The van der Waals surface area contributed by atoms with E-state index in [2.05, 4.69) is 11.9 Å². The third-order valence-corrected chi connectivity index (χ3v) is 2.93. The van der Waals surface area contributed by atoms with Crippen molar-refractivity contribution in [3.63, 3.8) is 0 Å². The Balaban J connectivity index is 2.20. The van der Waals surface area contributed by atoms with Gasteiger partial charge in [0.25, 0.3) is 0 Å². The highest BCUT2D eigenvalue weighted by atomic mass is 16.5. The van der Waals surface area contributed by atoms with E-state index in [0.29, 0.717) is 12.2 Å². The summed E-state index contributed by atoms with van der Waals surface area (Å²) >= 11 is 0. The zero-order valence-electron chi connectivity index (χ0n) is 11.8. The molecule has 20 heavy (non-hydrogen) atoms. The van der Waals surface area contributed by atoms with Gasteiger partial charge in [0.2, 0.25) is 0 Å². The van der Waals surface area contributed by atoms with Gasteiger partial charge in [-0.2, -0.15) is 0 Å². The van der Waals surface area contributed by atoms with E-state index in [9.17, 15) is 0 Å². The van der Waals surface area contributed by atoms with Gasteiger partial charge in [0.15, 0.2) is 0 Å². The van der Waals surface area contributed by atoms with E-state index in [-0.39, 0.29) is 0 Å². The molecular formula is C17H18BNO. The molecule has 3 heteroatoms. The Hall–Kier alpha value is -2.03. The first-order chi connectivity index (χ1) is 9.81. The molecule has 0 unspecified atom stereocenters. The summed E-state index contributed by atoms with van der Waals surface area (Å²) in [6.45, 7) is 2.84. The van der Waals surface area contributed by atoms with Crippen molar-refractivity contribution in [1.29, 1.82) is 0 Å². The van der Waals surface area contributed by atoms with Crippen molar-refractivity contribution in [2.24, 2.45) is 4.99 Å². The largest absolute Gasteiger partial charge is 0.491 e. The molecule has 0 aliphatic heterocycles. The van der Waals surface area contributed by atoms with E-state index in [1.807, 2.05) is 54.6 Å². The third-order valence-electron chi connectivity index (χ3n) is 2.93. The zero-order chi connectivity index (χ0) is 14.2. The van der Waals surface area contributed by atoms with Crippen molar-refractivity contribution in [1.82, 2.24) is 0 Å². The topological polar surface area (TPSA) is 21.6 Å². The second-order valence-corrected chi connectivity index (χ2v) is 4.53. The van der Waals surface area contributed by atoms with Gasteiger partial charge in [-0.1, -0.05) is 55.8 Å². The molecule has 100 valence electrons. The summed E-state index contributed by atoms with van der Waals surface area (Å²) in [6.07, 6.45) is 2.14. The minimum absolute atomic E-state index is 0.497. The summed E-state index contributed by atoms with van der Waals surface area (Å²) in [5.74, 6) is 0.778. The minimum Gasteiger partial charge on any atom is -0.491 e. The van der Waals surface area contributed by atoms with Gasteiger partial charge in [0.05, 0.1) is 6.61 Å². The van der Waals surface area contributed by atoms with E-state index in [1.165, 1.54) is 0 Å². The van der Waals surface area contributed by atoms with Crippen LogP contribution in [0.5, 0.6) is 5.75 Å². The maximum atomic E-state index is 6.05. The molecule has 0 aromatic heterocycles. The smallest absolute Gasteiger partial charge is 0.144 e. The Morgan fingerprint density at radius 2 is 1.75 bits per heavy atom. The number of benzene rings is 2. The molecule has 0 amide bonds. The Kier molecular flexibility index (Phi) is 5.42. The number of hydrogen-bond donors (Lipinski definition) is 0. The standard InChI is InChI=1S/C17H18BNO/c1-2-3-13-20-16-12-8-7-11-15(16)19-17(18)14-9-5-4-6-10-14/h4-12H,2-3,13H2,1H3. The molecule has 0 fully saturated rings. The van der Waals surface area contributed by atoms with Gasteiger partial charge in [0, 0.05) is 0 Å². The van der Waals surface area contributed by atoms with Crippen molar-refractivity contribution in [3.8, 4) is 5.75 Å². The number of rotatable bonds is 6. The molecule has 0 atom stereocenters. The molecule has 2 nitrogen and oxygen atoms in total. The van der Waals surface area contributed by atoms with E-state index < -0.39 is 0 Å². The molecule has 0 saturated carbocycles. The maximum absolute atomic E-state index is 6.05. The first-order valence-corrected chi connectivity index (χ1v) is 6.92. The number of para-hydroxylation sites is 2. The second-order valence-electron chi connectivity index (χ2n) is 4.53. The van der Waals surface area contributed by atoms with E-state index >= 15 is 0 Å². The monoisotopic (exact) mass is 263 g/mol. The summed E-state index contributed by atoms with van der Waals surface area (Å²) in [4.78, 5) is 4.48. The third kappa shape index (κ3) is 3.99. The summed E-state index contributed by atoms with van der Waals surface area (Å²) < 4.78 is 5.75. The van der Waals surface area contributed by atoms with E-state index in [0.717, 1.165) is 29.8 Å². The van der Waals surface area contributed by atoms with Crippen LogP contribution in [0, 0.1) is 0 Å². The Morgan fingerprint density at radius 1 is 1.05 bits per heavy atom. The highest BCUT2D eigenvalue weighted by Gasteiger charge is 2.03. The average molecular weight is 263 g/mol. The van der Waals surface area contributed by atoms with Crippen LogP contribution in [0.4, 0.5) is 5.69 Å². The van der Waals surface area contributed by atoms with Crippen LogP contribution in [0.3, 0.4) is 0 Å². The maximum Gasteiger partial charge on any atom is 0.144 e. The van der Waals surface area contributed by atoms with Crippen molar-refractivity contribution in [2.75, 3.05) is 6.61 Å². The van der Waals surface area contributed by atoms with Crippen molar-refractivity contribution in [3.05, 3.63) is 60.2 Å².